The Morgan fingerprint density at radius 3 is 1.15 bits per heavy atom. The van der Waals surface area contributed by atoms with Crippen LogP contribution in [-0.2, 0) is 0 Å². The molecule has 10 heteroatoms. The van der Waals surface area contributed by atoms with E-state index in [1.165, 1.54) is 0 Å². The molecule has 0 aliphatic rings. The predicted molar refractivity (Wildman–Crippen MR) is 67.3 cm³/mol. The molecule has 0 radical (unpaired) electrons. The Morgan fingerprint density at radius 2 is 0.850 bits per heavy atom. The molecule has 0 amide bonds. The third-order valence-corrected chi connectivity index (χ3v) is 3.53. The normalized spacial score (nSPS) is 11.0. The number of hydrogen-bond donors (Lipinski definition) is 0. The number of halogens is 8. The average Bonchev–Trinajstić information content (AvgIpc) is 2.42. The van der Waals surface area contributed by atoms with Gasteiger partial charge >= 0.3 is 0 Å². The molecule has 0 bridgehead atoms. The highest BCUT2D eigenvalue weighted by molar-refractivity contribution is 6.38. The number of aromatic nitrogens is 2. The predicted octanol–water partition coefficient (Wildman–Crippen LogP) is 5.31. The van der Waals surface area contributed by atoms with Crippen LogP contribution in [-0.4, -0.2) is 9.97 Å². The maximum atomic E-state index is 13.5. The first-order chi connectivity index (χ1) is 9.25. The van der Waals surface area contributed by atoms with Crippen LogP contribution in [0.15, 0.2) is 0 Å². The molecular weight excluding hydrogens is 366 g/mol. The summed E-state index contributed by atoms with van der Waals surface area (Å²) in [7, 11) is 0. The van der Waals surface area contributed by atoms with E-state index in [0.29, 0.717) is 0 Å². The SMILES string of the molecule is Fc1nc(-c2nc(F)c(Cl)c(F)c2Cl)c(Cl)c(F)c1Cl. The molecule has 2 heterocycles. The highest BCUT2D eigenvalue weighted by Crippen LogP contribution is 2.38. The fourth-order valence-corrected chi connectivity index (χ4v) is 2.11. The van der Waals surface area contributed by atoms with Gasteiger partial charge < -0.3 is 0 Å². The van der Waals surface area contributed by atoms with Gasteiger partial charge in [0.1, 0.15) is 31.5 Å². The quantitative estimate of drug-likeness (QED) is 0.505. The third-order valence-electron chi connectivity index (χ3n) is 2.19. The fraction of sp³-hybridized carbons (Fsp3) is 0. The highest BCUT2D eigenvalue weighted by atomic mass is 35.5. The lowest BCUT2D eigenvalue weighted by Gasteiger charge is -2.09. The summed E-state index contributed by atoms with van der Waals surface area (Å²) < 4.78 is 53.6. The molecule has 20 heavy (non-hydrogen) atoms. The van der Waals surface area contributed by atoms with Gasteiger partial charge in [-0.05, 0) is 0 Å². The van der Waals surface area contributed by atoms with Gasteiger partial charge in [0.15, 0.2) is 11.6 Å². The number of hydrogen-bond acceptors (Lipinski definition) is 2. The Balaban J connectivity index is 2.83. The van der Waals surface area contributed by atoms with Gasteiger partial charge in [0, 0.05) is 0 Å². The van der Waals surface area contributed by atoms with E-state index in [-0.39, 0.29) is 0 Å². The summed E-state index contributed by atoms with van der Waals surface area (Å²) in [6.07, 6.45) is 0. The van der Waals surface area contributed by atoms with Gasteiger partial charge in [0.25, 0.3) is 0 Å². The molecule has 0 saturated heterocycles. The van der Waals surface area contributed by atoms with Gasteiger partial charge in [-0.2, -0.15) is 8.78 Å². The van der Waals surface area contributed by atoms with Gasteiger partial charge in [-0.15, -0.1) is 0 Å². The third kappa shape index (κ3) is 2.41. The van der Waals surface area contributed by atoms with Crippen molar-refractivity contribution in [3.63, 3.8) is 0 Å². The van der Waals surface area contributed by atoms with E-state index in [9.17, 15) is 17.6 Å². The molecule has 2 aromatic rings. The van der Waals surface area contributed by atoms with Crippen molar-refractivity contribution < 1.29 is 17.6 Å². The van der Waals surface area contributed by atoms with Crippen molar-refractivity contribution in [3.8, 4) is 11.4 Å². The van der Waals surface area contributed by atoms with Gasteiger partial charge in [-0.25, -0.2) is 18.7 Å². The molecule has 0 aromatic carbocycles. The molecular formula is C10Cl4F4N2. The van der Waals surface area contributed by atoms with Crippen LogP contribution in [0.5, 0.6) is 0 Å². The van der Waals surface area contributed by atoms with E-state index >= 15 is 0 Å². The molecule has 0 saturated carbocycles. The lowest BCUT2D eigenvalue weighted by atomic mass is 10.2. The van der Waals surface area contributed by atoms with Crippen molar-refractivity contribution in [1.82, 2.24) is 9.97 Å². The van der Waals surface area contributed by atoms with Crippen molar-refractivity contribution >= 4 is 46.4 Å². The standard InChI is InChI=1S/C10Cl4F4N2/c11-1-5(15)3(13)9(17)19-7(1)8-2(12)6(16)4(14)10(18)20-8. The summed E-state index contributed by atoms with van der Waals surface area (Å²) in [5.74, 6) is -5.58. The molecule has 2 rings (SSSR count). The first-order valence-corrected chi connectivity index (χ1v) is 6.17. The first-order valence-electron chi connectivity index (χ1n) is 4.66. The molecule has 0 N–H and O–H groups in total. The van der Waals surface area contributed by atoms with E-state index in [1.54, 1.807) is 0 Å². The monoisotopic (exact) mass is 364 g/mol. The van der Waals surface area contributed by atoms with Gasteiger partial charge in [0.2, 0.25) is 11.9 Å². The number of rotatable bonds is 1. The van der Waals surface area contributed by atoms with Gasteiger partial charge in [-0.3, -0.25) is 0 Å². The first kappa shape index (κ1) is 15.6. The zero-order valence-corrected chi connectivity index (χ0v) is 11.9. The summed E-state index contributed by atoms with van der Waals surface area (Å²) in [5, 5.41) is -3.51. The summed E-state index contributed by atoms with van der Waals surface area (Å²) in [4.78, 5) is 6.36. The maximum Gasteiger partial charge on any atom is 0.235 e. The molecule has 0 spiro atoms. The van der Waals surface area contributed by atoms with Crippen LogP contribution in [0.3, 0.4) is 0 Å². The average molecular weight is 366 g/mol. The van der Waals surface area contributed by atoms with Crippen LogP contribution in [0.4, 0.5) is 17.6 Å². The Labute approximate surface area is 129 Å². The zero-order chi connectivity index (χ0) is 15.2. The van der Waals surface area contributed by atoms with Gasteiger partial charge in [0.05, 0.1) is 0 Å². The topological polar surface area (TPSA) is 25.8 Å². The van der Waals surface area contributed by atoms with Crippen molar-refractivity contribution in [3.05, 3.63) is 43.6 Å². The van der Waals surface area contributed by atoms with Crippen LogP contribution < -0.4 is 0 Å². The highest BCUT2D eigenvalue weighted by Gasteiger charge is 2.25. The summed E-state index contributed by atoms with van der Waals surface area (Å²) in [6, 6.07) is 0. The Hall–Kier alpha value is -0.820. The van der Waals surface area contributed by atoms with Crippen LogP contribution in [0, 0.1) is 23.5 Å². The van der Waals surface area contributed by atoms with Crippen LogP contribution in [0.1, 0.15) is 0 Å². The molecule has 106 valence electrons. The molecule has 0 atom stereocenters. The minimum absolute atomic E-state index is 0.703. The van der Waals surface area contributed by atoms with Gasteiger partial charge in [-0.1, -0.05) is 46.4 Å². The number of nitrogens with zero attached hydrogens (tertiary/aromatic N) is 2. The van der Waals surface area contributed by atoms with E-state index in [4.69, 9.17) is 46.4 Å². The van der Waals surface area contributed by atoms with Crippen molar-refractivity contribution in [2.45, 2.75) is 0 Å². The van der Waals surface area contributed by atoms with Crippen molar-refractivity contribution in [2.24, 2.45) is 0 Å². The second-order valence-electron chi connectivity index (χ2n) is 3.39. The maximum absolute atomic E-state index is 13.5. The second kappa shape index (κ2) is 5.52. The Bertz CT molecular complexity index is 662. The molecule has 2 aromatic heterocycles. The summed E-state index contributed by atoms with van der Waals surface area (Å²) >= 11 is 21.6. The van der Waals surface area contributed by atoms with Crippen molar-refractivity contribution in [2.75, 3.05) is 0 Å². The molecule has 2 nitrogen and oxygen atoms in total. The summed E-state index contributed by atoms with van der Waals surface area (Å²) in [6.45, 7) is 0. The lowest BCUT2D eigenvalue weighted by molar-refractivity contribution is 0.547. The number of pyridine rings is 2. The Morgan fingerprint density at radius 1 is 0.550 bits per heavy atom. The lowest BCUT2D eigenvalue weighted by Crippen LogP contribution is -2.01. The van der Waals surface area contributed by atoms with E-state index in [2.05, 4.69) is 9.97 Å². The van der Waals surface area contributed by atoms with Crippen molar-refractivity contribution in [1.29, 1.82) is 0 Å². The zero-order valence-electron chi connectivity index (χ0n) is 8.92. The molecule has 0 unspecified atom stereocenters. The molecule has 0 fully saturated rings. The largest absolute Gasteiger partial charge is 0.235 e. The van der Waals surface area contributed by atoms with Crippen LogP contribution >= 0.6 is 46.4 Å². The molecule has 0 aliphatic heterocycles. The van der Waals surface area contributed by atoms with Crippen LogP contribution in [0.2, 0.25) is 20.1 Å². The minimum Gasteiger partial charge on any atom is -0.215 e. The minimum atomic E-state index is -1.43. The summed E-state index contributed by atoms with van der Waals surface area (Å²) in [5.41, 5.74) is -1.41. The van der Waals surface area contributed by atoms with E-state index in [0.717, 1.165) is 0 Å². The van der Waals surface area contributed by atoms with E-state index in [1.807, 2.05) is 0 Å². The molecule has 0 aliphatic carbocycles. The Kier molecular flexibility index (Phi) is 4.30. The van der Waals surface area contributed by atoms with E-state index < -0.39 is 55.0 Å². The van der Waals surface area contributed by atoms with Crippen LogP contribution in [0.25, 0.3) is 11.4 Å². The smallest absolute Gasteiger partial charge is 0.215 e. The fourth-order valence-electron chi connectivity index (χ4n) is 1.29. The second-order valence-corrected chi connectivity index (χ2v) is 4.90.